The van der Waals surface area contributed by atoms with E-state index >= 15 is 0 Å². The minimum Gasteiger partial charge on any atom is -0.493 e. The second-order valence-corrected chi connectivity index (χ2v) is 8.23. The topological polar surface area (TPSA) is 22.9 Å². The Morgan fingerprint density at radius 1 is 0.897 bits per heavy atom. The third-order valence-electron chi connectivity index (χ3n) is 5.61. The van der Waals surface area contributed by atoms with Crippen molar-refractivity contribution in [2.45, 2.75) is 19.0 Å². The van der Waals surface area contributed by atoms with Gasteiger partial charge in [-0.3, -0.25) is 0 Å². The molecule has 0 radical (unpaired) electrons. The van der Waals surface area contributed by atoms with Gasteiger partial charge in [-0.05, 0) is 42.0 Å². The van der Waals surface area contributed by atoms with Crippen LogP contribution in [0.3, 0.4) is 0 Å². The monoisotopic (exact) mass is 428 g/mol. The Labute approximate surface area is 181 Å². The normalized spacial score (nSPS) is 18.2. The molecule has 0 saturated heterocycles. The molecule has 1 N–H and O–H groups in total. The van der Waals surface area contributed by atoms with Gasteiger partial charge in [-0.25, -0.2) is 0 Å². The van der Waals surface area contributed by atoms with Crippen LogP contribution in [0.5, 0.6) is 11.5 Å². The predicted molar refractivity (Wildman–Crippen MR) is 118 cm³/mol. The third kappa shape index (κ3) is 4.23. The van der Waals surface area contributed by atoms with Crippen LogP contribution in [-0.4, -0.2) is 20.8 Å². The Kier molecular flexibility index (Phi) is 6.00. The number of hydrogen-bond acceptors (Lipinski definition) is 2. The predicted octanol–water partition coefficient (Wildman–Crippen LogP) is 4.74. The molecule has 0 fully saturated rings. The molecule has 0 spiro atoms. The van der Waals surface area contributed by atoms with Crippen LogP contribution in [0.1, 0.15) is 28.3 Å². The summed E-state index contributed by atoms with van der Waals surface area (Å²) >= 11 is 12.4. The fourth-order valence-corrected chi connectivity index (χ4v) is 4.56. The Morgan fingerprint density at radius 2 is 1.62 bits per heavy atom. The summed E-state index contributed by atoms with van der Waals surface area (Å²) in [6, 6.07) is 20.7. The molecule has 5 heteroatoms. The third-order valence-corrected chi connectivity index (χ3v) is 6.09. The molecule has 3 aromatic rings. The van der Waals surface area contributed by atoms with Gasteiger partial charge in [-0.2, -0.15) is 0 Å². The zero-order valence-corrected chi connectivity index (χ0v) is 18.1. The quantitative estimate of drug-likeness (QED) is 0.633. The molecule has 0 aromatic heterocycles. The van der Waals surface area contributed by atoms with E-state index in [0.717, 1.165) is 41.1 Å². The van der Waals surface area contributed by atoms with Crippen molar-refractivity contribution in [1.82, 2.24) is 0 Å². The van der Waals surface area contributed by atoms with Crippen molar-refractivity contribution in [2.75, 3.05) is 20.8 Å². The molecule has 0 aliphatic carbocycles. The van der Waals surface area contributed by atoms with Gasteiger partial charge in [0.1, 0.15) is 12.6 Å². The van der Waals surface area contributed by atoms with E-state index in [2.05, 4.69) is 36.4 Å². The Bertz CT molecular complexity index is 1000. The molecule has 1 unspecified atom stereocenters. The van der Waals surface area contributed by atoms with Crippen LogP contribution in [0.15, 0.2) is 60.7 Å². The number of hydrogen-bond donors (Lipinski definition) is 1. The van der Waals surface area contributed by atoms with Gasteiger partial charge in [0, 0.05) is 33.2 Å². The maximum absolute atomic E-state index is 6.35. The van der Waals surface area contributed by atoms with Gasteiger partial charge in [0.2, 0.25) is 0 Å². The zero-order chi connectivity index (χ0) is 20.4. The van der Waals surface area contributed by atoms with E-state index in [0.29, 0.717) is 0 Å². The highest BCUT2D eigenvalue weighted by atomic mass is 35.5. The second-order valence-electron chi connectivity index (χ2n) is 7.36. The first-order chi connectivity index (χ1) is 14.1. The number of rotatable bonds is 5. The highest BCUT2D eigenvalue weighted by molar-refractivity contribution is 6.30. The molecule has 0 amide bonds. The molecule has 1 aliphatic heterocycles. The van der Waals surface area contributed by atoms with E-state index in [4.69, 9.17) is 32.7 Å². The first-order valence-corrected chi connectivity index (χ1v) is 10.4. The van der Waals surface area contributed by atoms with Gasteiger partial charge in [0.25, 0.3) is 0 Å². The van der Waals surface area contributed by atoms with Crippen LogP contribution < -0.4 is 14.4 Å². The SMILES string of the molecule is COc1cc2c(cc1OC)[C@H](c1cccc(Cl)c1)[NH+](Cc1ccc(Cl)cc1)CC2. The summed E-state index contributed by atoms with van der Waals surface area (Å²) in [5.41, 5.74) is 5.03. The zero-order valence-electron chi connectivity index (χ0n) is 16.5. The summed E-state index contributed by atoms with van der Waals surface area (Å²) in [6.07, 6.45) is 0.982. The molecule has 1 aliphatic rings. The molecule has 0 bridgehead atoms. The maximum Gasteiger partial charge on any atom is 0.161 e. The number of benzene rings is 3. The standard InChI is InChI=1S/C24H23Cl2NO2/c1-28-22-13-17-10-11-27(15-16-6-8-19(25)9-7-16)24(21(17)14-23(22)29-2)18-4-3-5-20(26)12-18/h3-9,12-14,24H,10-11,15H2,1-2H3/p+1/t24-/m0/s1. The summed E-state index contributed by atoms with van der Waals surface area (Å²) in [4.78, 5) is 1.47. The van der Waals surface area contributed by atoms with E-state index < -0.39 is 0 Å². The molecule has 4 rings (SSSR count). The lowest BCUT2D eigenvalue weighted by molar-refractivity contribution is -0.941. The average Bonchev–Trinajstić information content (AvgIpc) is 2.74. The highest BCUT2D eigenvalue weighted by Gasteiger charge is 2.34. The first-order valence-electron chi connectivity index (χ1n) is 9.68. The highest BCUT2D eigenvalue weighted by Crippen LogP contribution is 2.36. The van der Waals surface area contributed by atoms with Gasteiger partial charge in [0.05, 0.1) is 20.8 Å². The fourth-order valence-electron chi connectivity index (χ4n) is 4.24. The minimum absolute atomic E-state index is 0.160. The number of ether oxygens (including phenoxy) is 2. The molecule has 2 atom stereocenters. The van der Waals surface area contributed by atoms with E-state index in [1.807, 2.05) is 24.3 Å². The van der Waals surface area contributed by atoms with E-state index in [1.165, 1.54) is 27.2 Å². The van der Waals surface area contributed by atoms with Crippen LogP contribution in [0.4, 0.5) is 0 Å². The lowest BCUT2D eigenvalue weighted by Crippen LogP contribution is -3.12. The van der Waals surface area contributed by atoms with E-state index in [1.54, 1.807) is 14.2 Å². The van der Waals surface area contributed by atoms with Gasteiger partial charge in [-0.1, -0.05) is 47.5 Å². The smallest absolute Gasteiger partial charge is 0.161 e. The van der Waals surface area contributed by atoms with E-state index in [-0.39, 0.29) is 6.04 Å². The Morgan fingerprint density at radius 3 is 2.31 bits per heavy atom. The number of halogens is 2. The average molecular weight is 429 g/mol. The maximum atomic E-state index is 6.35. The summed E-state index contributed by atoms with van der Waals surface area (Å²) in [7, 11) is 3.36. The molecule has 3 aromatic carbocycles. The van der Waals surface area contributed by atoms with Crippen LogP contribution >= 0.6 is 23.2 Å². The second kappa shape index (κ2) is 8.66. The molecule has 29 heavy (non-hydrogen) atoms. The minimum atomic E-state index is 0.160. The van der Waals surface area contributed by atoms with Crippen molar-refractivity contribution in [2.24, 2.45) is 0 Å². The number of fused-ring (bicyclic) bond motifs is 1. The largest absolute Gasteiger partial charge is 0.493 e. The lowest BCUT2D eigenvalue weighted by atomic mass is 9.87. The molecule has 1 heterocycles. The number of quaternary nitrogens is 1. The lowest BCUT2D eigenvalue weighted by Gasteiger charge is -2.35. The summed E-state index contributed by atoms with van der Waals surface area (Å²) in [6.45, 7) is 1.92. The molecule has 150 valence electrons. The van der Waals surface area contributed by atoms with E-state index in [9.17, 15) is 0 Å². The van der Waals surface area contributed by atoms with Crippen molar-refractivity contribution in [3.63, 3.8) is 0 Å². The van der Waals surface area contributed by atoms with Crippen LogP contribution in [-0.2, 0) is 13.0 Å². The molecular formula is C24H24Cl2NO2+. The molecule has 3 nitrogen and oxygen atoms in total. The first kappa shape index (κ1) is 20.1. The Hall–Kier alpha value is -2.20. The fraction of sp³-hybridized carbons (Fsp3) is 0.250. The Balaban J connectivity index is 1.79. The van der Waals surface area contributed by atoms with Crippen molar-refractivity contribution in [3.05, 3.63) is 93.0 Å². The van der Waals surface area contributed by atoms with Gasteiger partial charge in [0.15, 0.2) is 11.5 Å². The summed E-state index contributed by atoms with van der Waals surface area (Å²) in [5.74, 6) is 1.53. The van der Waals surface area contributed by atoms with Gasteiger partial charge >= 0.3 is 0 Å². The van der Waals surface area contributed by atoms with Crippen LogP contribution in [0.25, 0.3) is 0 Å². The number of methoxy groups -OCH3 is 2. The van der Waals surface area contributed by atoms with Crippen LogP contribution in [0.2, 0.25) is 10.0 Å². The van der Waals surface area contributed by atoms with Crippen molar-refractivity contribution in [3.8, 4) is 11.5 Å². The van der Waals surface area contributed by atoms with Crippen LogP contribution in [0, 0.1) is 0 Å². The number of nitrogens with one attached hydrogen (secondary N) is 1. The van der Waals surface area contributed by atoms with Gasteiger partial charge in [-0.15, -0.1) is 0 Å². The van der Waals surface area contributed by atoms with Gasteiger partial charge < -0.3 is 14.4 Å². The van der Waals surface area contributed by atoms with Crippen molar-refractivity contribution < 1.29 is 14.4 Å². The molecular weight excluding hydrogens is 405 g/mol. The summed E-state index contributed by atoms with van der Waals surface area (Å²) in [5, 5.41) is 1.51. The van der Waals surface area contributed by atoms with Crippen molar-refractivity contribution >= 4 is 23.2 Å². The molecule has 0 saturated carbocycles. The van der Waals surface area contributed by atoms with Crippen molar-refractivity contribution in [1.29, 1.82) is 0 Å². The summed E-state index contributed by atoms with van der Waals surface area (Å²) < 4.78 is 11.1.